The topological polar surface area (TPSA) is 96.4 Å². The lowest BCUT2D eigenvalue weighted by atomic mass is 9.98. The minimum Gasteiger partial charge on any atom is -0.478 e. The number of thiophene rings is 1. The zero-order valence-corrected chi connectivity index (χ0v) is 19.7. The molecule has 5 aromatic rings. The normalized spacial score (nSPS) is 11.7. The number of carboxylic acid groups (broad SMARTS) is 1. The number of aromatic carboxylic acids is 1. The Balaban J connectivity index is 1.64. The maximum Gasteiger partial charge on any atom is 0.335 e. The first-order valence-electron chi connectivity index (χ1n) is 10.3. The van der Waals surface area contributed by atoms with Gasteiger partial charge in [-0.25, -0.2) is 22.0 Å². The van der Waals surface area contributed by atoms with Crippen molar-refractivity contribution in [2.75, 3.05) is 4.72 Å². The molecule has 0 unspecified atom stereocenters. The maximum absolute atomic E-state index is 14.7. The van der Waals surface area contributed by atoms with E-state index in [1.165, 1.54) is 36.5 Å². The molecular weight excluding hydrogens is 494 g/mol. The number of carbonyl (C=O) groups is 1. The van der Waals surface area contributed by atoms with Crippen molar-refractivity contribution in [2.45, 2.75) is 11.1 Å². The lowest BCUT2D eigenvalue weighted by molar-refractivity contribution is 0.0697. The molecule has 0 atom stereocenters. The average Bonchev–Trinajstić information content (AvgIpc) is 3.18. The average molecular weight is 511 g/mol. The van der Waals surface area contributed by atoms with E-state index in [4.69, 9.17) is 0 Å². The summed E-state index contributed by atoms with van der Waals surface area (Å²) in [5.74, 6) is -2.34. The highest BCUT2D eigenvalue weighted by atomic mass is 32.2. The van der Waals surface area contributed by atoms with E-state index in [1.807, 2.05) is 0 Å². The molecule has 2 aromatic heterocycles. The summed E-state index contributed by atoms with van der Waals surface area (Å²) >= 11 is 0.965. The molecule has 176 valence electrons. The molecule has 2 N–H and O–H groups in total. The summed E-state index contributed by atoms with van der Waals surface area (Å²) in [7, 11) is -4.10. The standard InChI is InChI=1S/C25H16F2N2O4S2/c1-13-22-19(27)5-2-6-21(22)34-25(13)35(32,33)29-20-10-8-15(23-16(20)4-3-11-28-23)17-12-14(24(30)31)7-9-18(17)26/h2-12,29H,1H3,(H,30,31). The van der Waals surface area contributed by atoms with Crippen molar-refractivity contribution in [3.05, 3.63) is 89.6 Å². The molecule has 0 amide bonds. The minimum absolute atomic E-state index is 0.0149. The van der Waals surface area contributed by atoms with Gasteiger partial charge in [0, 0.05) is 32.8 Å². The second-order valence-electron chi connectivity index (χ2n) is 7.79. The molecule has 0 bridgehead atoms. The third-order valence-electron chi connectivity index (χ3n) is 5.62. The number of aromatic nitrogens is 1. The molecule has 0 radical (unpaired) electrons. The Morgan fingerprint density at radius 2 is 1.80 bits per heavy atom. The van der Waals surface area contributed by atoms with E-state index in [1.54, 1.807) is 25.1 Å². The van der Waals surface area contributed by atoms with Crippen LogP contribution in [0.2, 0.25) is 0 Å². The molecule has 3 aromatic carbocycles. The van der Waals surface area contributed by atoms with Gasteiger partial charge in [-0.3, -0.25) is 9.71 Å². The van der Waals surface area contributed by atoms with Crippen LogP contribution in [0, 0.1) is 18.6 Å². The maximum atomic E-state index is 14.7. The highest BCUT2D eigenvalue weighted by molar-refractivity contribution is 7.95. The highest BCUT2D eigenvalue weighted by Crippen LogP contribution is 2.38. The lowest BCUT2D eigenvalue weighted by Crippen LogP contribution is -2.13. The number of nitrogens with zero attached hydrogens (tertiary/aromatic N) is 1. The molecule has 0 spiro atoms. The van der Waals surface area contributed by atoms with Crippen LogP contribution in [0.3, 0.4) is 0 Å². The quantitative estimate of drug-likeness (QED) is 0.293. The smallest absolute Gasteiger partial charge is 0.335 e. The Bertz CT molecular complexity index is 1770. The van der Waals surface area contributed by atoms with Gasteiger partial charge in [-0.1, -0.05) is 6.07 Å². The molecule has 0 saturated heterocycles. The van der Waals surface area contributed by atoms with Gasteiger partial charge >= 0.3 is 5.97 Å². The molecule has 0 aliphatic heterocycles. The van der Waals surface area contributed by atoms with Crippen LogP contribution in [0.1, 0.15) is 15.9 Å². The van der Waals surface area contributed by atoms with Gasteiger partial charge in [0.1, 0.15) is 15.8 Å². The van der Waals surface area contributed by atoms with Crippen LogP contribution < -0.4 is 4.72 Å². The van der Waals surface area contributed by atoms with Gasteiger partial charge in [-0.15, -0.1) is 11.3 Å². The molecular formula is C25H16F2N2O4S2. The number of carboxylic acids is 1. The van der Waals surface area contributed by atoms with E-state index in [9.17, 15) is 27.1 Å². The number of anilines is 1. The number of hydrogen-bond donors (Lipinski definition) is 2. The van der Waals surface area contributed by atoms with Crippen LogP contribution in [0.25, 0.3) is 32.1 Å². The van der Waals surface area contributed by atoms with Gasteiger partial charge in [0.2, 0.25) is 0 Å². The van der Waals surface area contributed by atoms with Crippen LogP contribution in [0.4, 0.5) is 14.5 Å². The van der Waals surface area contributed by atoms with Gasteiger partial charge in [0.05, 0.1) is 16.8 Å². The molecule has 6 nitrogen and oxygen atoms in total. The molecule has 0 aliphatic carbocycles. The van der Waals surface area contributed by atoms with E-state index in [2.05, 4.69) is 9.71 Å². The van der Waals surface area contributed by atoms with E-state index in [0.29, 0.717) is 21.2 Å². The van der Waals surface area contributed by atoms with Crippen molar-refractivity contribution < 1.29 is 27.1 Å². The second kappa shape index (κ2) is 8.40. The largest absolute Gasteiger partial charge is 0.478 e. The van der Waals surface area contributed by atoms with Crippen LogP contribution in [0.15, 0.2) is 71.1 Å². The van der Waals surface area contributed by atoms with Crippen molar-refractivity contribution >= 4 is 54.0 Å². The zero-order chi connectivity index (χ0) is 24.9. The third kappa shape index (κ3) is 3.90. The molecule has 2 heterocycles. The number of fused-ring (bicyclic) bond motifs is 2. The van der Waals surface area contributed by atoms with Crippen molar-refractivity contribution in [1.82, 2.24) is 4.98 Å². The number of hydrogen-bond acceptors (Lipinski definition) is 5. The van der Waals surface area contributed by atoms with Crippen molar-refractivity contribution in [1.29, 1.82) is 0 Å². The van der Waals surface area contributed by atoms with Crippen LogP contribution >= 0.6 is 11.3 Å². The number of rotatable bonds is 5. The monoisotopic (exact) mass is 510 g/mol. The summed E-state index contributed by atoms with van der Waals surface area (Å²) in [5, 5.41) is 9.94. The summed E-state index contributed by atoms with van der Waals surface area (Å²) < 4.78 is 58.6. The molecule has 5 rings (SSSR count). The molecule has 0 aliphatic rings. The number of aryl methyl sites for hydroxylation is 1. The fraction of sp³-hybridized carbons (Fsp3) is 0.0400. The Kier molecular flexibility index (Phi) is 5.49. The number of halogens is 2. The van der Waals surface area contributed by atoms with Gasteiger partial charge < -0.3 is 5.11 Å². The summed E-state index contributed by atoms with van der Waals surface area (Å²) in [5.41, 5.74) is 1.03. The van der Waals surface area contributed by atoms with Crippen LogP contribution in [-0.2, 0) is 10.0 Å². The lowest BCUT2D eigenvalue weighted by Gasteiger charge is -2.13. The Morgan fingerprint density at radius 3 is 2.54 bits per heavy atom. The zero-order valence-electron chi connectivity index (χ0n) is 18.0. The van der Waals surface area contributed by atoms with Crippen LogP contribution in [0.5, 0.6) is 0 Å². The Labute approximate surface area is 202 Å². The van der Waals surface area contributed by atoms with E-state index < -0.39 is 27.6 Å². The van der Waals surface area contributed by atoms with Crippen LogP contribution in [-0.4, -0.2) is 24.5 Å². The third-order valence-corrected chi connectivity index (χ3v) is 8.86. The second-order valence-corrected chi connectivity index (χ2v) is 10.7. The Morgan fingerprint density at radius 1 is 1.00 bits per heavy atom. The summed E-state index contributed by atoms with van der Waals surface area (Å²) in [6.07, 6.45) is 1.47. The SMILES string of the molecule is Cc1c(S(=O)(=O)Nc2ccc(-c3cc(C(=O)O)ccc3F)c3ncccc23)sc2cccc(F)c12. The van der Waals surface area contributed by atoms with Crippen molar-refractivity contribution in [2.24, 2.45) is 0 Å². The summed E-state index contributed by atoms with van der Waals surface area (Å²) in [4.78, 5) is 15.7. The van der Waals surface area contributed by atoms with Crippen molar-refractivity contribution in [3.63, 3.8) is 0 Å². The van der Waals surface area contributed by atoms with Gasteiger partial charge in [-0.05, 0) is 67.1 Å². The van der Waals surface area contributed by atoms with Crippen molar-refractivity contribution in [3.8, 4) is 11.1 Å². The fourth-order valence-corrected chi connectivity index (χ4v) is 6.88. The first kappa shape index (κ1) is 22.9. The molecule has 35 heavy (non-hydrogen) atoms. The van der Waals surface area contributed by atoms with E-state index in [0.717, 1.165) is 23.5 Å². The first-order chi connectivity index (χ1) is 16.7. The predicted molar refractivity (Wildman–Crippen MR) is 131 cm³/mol. The van der Waals surface area contributed by atoms with E-state index >= 15 is 0 Å². The predicted octanol–water partition coefficient (Wildman–Crippen LogP) is 6.20. The van der Waals surface area contributed by atoms with Gasteiger partial charge in [0.15, 0.2) is 0 Å². The number of benzene rings is 3. The summed E-state index contributed by atoms with van der Waals surface area (Å²) in [6, 6.07) is 14.1. The number of sulfonamides is 1. The first-order valence-corrected chi connectivity index (χ1v) is 12.6. The molecule has 10 heteroatoms. The summed E-state index contributed by atoms with van der Waals surface area (Å²) in [6.45, 7) is 1.55. The number of nitrogens with one attached hydrogen (secondary N) is 1. The van der Waals surface area contributed by atoms with Gasteiger partial charge in [0.25, 0.3) is 10.0 Å². The fourth-order valence-electron chi connectivity index (χ4n) is 4.02. The van der Waals surface area contributed by atoms with Gasteiger partial charge in [-0.2, -0.15) is 0 Å². The minimum atomic E-state index is -4.10. The molecule has 0 saturated carbocycles. The van der Waals surface area contributed by atoms with E-state index in [-0.39, 0.29) is 31.9 Å². The Hall–Kier alpha value is -3.89. The highest BCUT2D eigenvalue weighted by Gasteiger charge is 2.25. The number of pyridine rings is 1. The molecule has 0 fully saturated rings.